The maximum absolute atomic E-state index is 12.6. The third-order valence-corrected chi connectivity index (χ3v) is 4.61. The quantitative estimate of drug-likeness (QED) is 0.748. The van der Waals surface area contributed by atoms with Crippen LogP contribution in [0.4, 0.5) is 4.79 Å². The summed E-state index contributed by atoms with van der Waals surface area (Å²) in [6.45, 7) is 6.22. The van der Waals surface area contributed by atoms with E-state index >= 15 is 0 Å². The first-order chi connectivity index (χ1) is 12.9. The van der Waals surface area contributed by atoms with E-state index in [4.69, 9.17) is 4.52 Å². The summed E-state index contributed by atoms with van der Waals surface area (Å²) in [7, 11) is 3.62. The van der Waals surface area contributed by atoms with Gasteiger partial charge in [0, 0.05) is 49.4 Å². The first-order valence-corrected chi connectivity index (χ1v) is 8.74. The van der Waals surface area contributed by atoms with E-state index in [1.165, 1.54) is 0 Å². The van der Waals surface area contributed by atoms with Crippen molar-refractivity contribution in [3.05, 3.63) is 53.3 Å². The van der Waals surface area contributed by atoms with Gasteiger partial charge in [0.05, 0.1) is 18.3 Å². The summed E-state index contributed by atoms with van der Waals surface area (Å²) in [4.78, 5) is 18.1. The van der Waals surface area contributed by atoms with E-state index in [2.05, 4.69) is 20.6 Å². The summed E-state index contributed by atoms with van der Waals surface area (Å²) in [5.74, 6) is 0.612. The van der Waals surface area contributed by atoms with Crippen molar-refractivity contribution in [2.24, 2.45) is 7.05 Å². The number of urea groups is 1. The normalized spacial score (nSPS) is 12.0. The molecule has 27 heavy (non-hydrogen) atoms. The molecule has 0 bridgehead atoms. The van der Waals surface area contributed by atoms with Crippen LogP contribution >= 0.6 is 0 Å². The van der Waals surface area contributed by atoms with Crippen LogP contribution < -0.4 is 5.32 Å². The van der Waals surface area contributed by atoms with Gasteiger partial charge in [-0.3, -0.25) is 9.67 Å². The minimum Gasteiger partial charge on any atom is -0.359 e. The monoisotopic (exact) mass is 368 g/mol. The standard InChI is InChI=1S/C19H24N6O2/c1-12(18-13(2)22-25(5)14(18)3)21-19(26)24(4)11-16-10-17(23-27-16)15-6-8-20-9-7-15/h6-10,12H,11H2,1-5H3,(H,21,26). The maximum Gasteiger partial charge on any atom is 0.318 e. The van der Waals surface area contributed by atoms with Gasteiger partial charge in [0.2, 0.25) is 0 Å². The van der Waals surface area contributed by atoms with E-state index < -0.39 is 0 Å². The summed E-state index contributed by atoms with van der Waals surface area (Å²) in [6.07, 6.45) is 3.40. The number of hydrogen-bond donors (Lipinski definition) is 1. The summed E-state index contributed by atoms with van der Waals surface area (Å²) in [5.41, 5.74) is 4.64. The van der Waals surface area contributed by atoms with E-state index in [9.17, 15) is 4.79 Å². The Morgan fingerprint density at radius 3 is 2.67 bits per heavy atom. The van der Waals surface area contributed by atoms with Crippen LogP contribution in [0.15, 0.2) is 35.1 Å². The molecule has 0 aliphatic carbocycles. The number of pyridine rings is 1. The summed E-state index contributed by atoms with van der Waals surface area (Å²) < 4.78 is 7.19. The van der Waals surface area contributed by atoms with Crippen molar-refractivity contribution in [1.82, 2.24) is 30.1 Å². The molecule has 0 saturated carbocycles. The lowest BCUT2D eigenvalue weighted by Gasteiger charge is -2.21. The lowest BCUT2D eigenvalue weighted by molar-refractivity contribution is 0.197. The number of aromatic nitrogens is 4. The second-order valence-corrected chi connectivity index (χ2v) is 6.65. The smallest absolute Gasteiger partial charge is 0.318 e. The predicted molar refractivity (Wildman–Crippen MR) is 101 cm³/mol. The van der Waals surface area contributed by atoms with Crippen molar-refractivity contribution in [2.45, 2.75) is 33.4 Å². The highest BCUT2D eigenvalue weighted by Gasteiger charge is 2.20. The Labute approximate surface area is 158 Å². The number of aryl methyl sites for hydroxylation is 2. The Morgan fingerprint density at radius 1 is 1.33 bits per heavy atom. The number of carbonyl (C=O) groups is 1. The largest absolute Gasteiger partial charge is 0.359 e. The molecule has 2 amide bonds. The summed E-state index contributed by atoms with van der Waals surface area (Å²) in [5, 5.41) is 11.5. The number of hydrogen-bond acceptors (Lipinski definition) is 5. The molecule has 3 heterocycles. The lowest BCUT2D eigenvalue weighted by Crippen LogP contribution is -2.38. The zero-order chi connectivity index (χ0) is 19.6. The molecule has 1 unspecified atom stereocenters. The first kappa shape index (κ1) is 18.6. The number of nitrogens with one attached hydrogen (secondary N) is 1. The fourth-order valence-corrected chi connectivity index (χ4v) is 3.14. The van der Waals surface area contributed by atoms with Gasteiger partial charge in [0.1, 0.15) is 5.69 Å². The fraction of sp³-hybridized carbons (Fsp3) is 0.368. The van der Waals surface area contributed by atoms with Crippen molar-refractivity contribution in [1.29, 1.82) is 0 Å². The van der Waals surface area contributed by atoms with Gasteiger partial charge in [-0.1, -0.05) is 5.16 Å². The van der Waals surface area contributed by atoms with Crippen LogP contribution in [0.1, 0.15) is 35.7 Å². The van der Waals surface area contributed by atoms with E-state index in [-0.39, 0.29) is 12.1 Å². The third kappa shape index (κ3) is 3.99. The molecule has 0 spiro atoms. The molecule has 8 nitrogen and oxygen atoms in total. The predicted octanol–water partition coefficient (Wildman–Crippen LogP) is 2.99. The van der Waals surface area contributed by atoms with Gasteiger partial charge in [0.15, 0.2) is 5.76 Å². The SMILES string of the molecule is Cc1nn(C)c(C)c1C(C)NC(=O)N(C)Cc1cc(-c2ccncc2)no1. The van der Waals surface area contributed by atoms with E-state index in [0.29, 0.717) is 12.3 Å². The second kappa shape index (κ2) is 7.61. The lowest BCUT2D eigenvalue weighted by atomic mass is 10.1. The highest BCUT2D eigenvalue weighted by atomic mass is 16.5. The van der Waals surface area contributed by atoms with E-state index in [1.54, 1.807) is 24.3 Å². The van der Waals surface area contributed by atoms with Gasteiger partial charge in [-0.25, -0.2) is 4.79 Å². The molecular weight excluding hydrogens is 344 g/mol. The molecule has 142 valence electrons. The average Bonchev–Trinajstić information content (AvgIpc) is 3.20. The third-order valence-electron chi connectivity index (χ3n) is 4.61. The number of rotatable bonds is 5. The molecule has 3 rings (SSSR count). The minimum absolute atomic E-state index is 0.143. The van der Waals surface area contributed by atoms with E-state index in [0.717, 1.165) is 28.2 Å². The van der Waals surface area contributed by atoms with Crippen molar-refractivity contribution >= 4 is 6.03 Å². The molecular formula is C19H24N6O2. The molecule has 0 fully saturated rings. The Bertz CT molecular complexity index is 931. The molecule has 0 aliphatic rings. The Hall–Kier alpha value is -3.16. The summed E-state index contributed by atoms with van der Waals surface area (Å²) in [6, 6.07) is 5.22. The van der Waals surface area contributed by atoms with Crippen LogP contribution in [0.3, 0.4) is 0 Å². The molecule has 3 aromatic heterocycles. The van der Waals surface area contributed by atoms with Crippen LogP contribution in [-0.2, 0) is 13.6 Å². The van der Waals surface area contributed by atoms with Crippen LogP contribution in [0, 0.1) is 13.8 Å². The molecule has 1 N–H and O–H groups in total. The van der Waals surface area contributed by atoms with Crippen LogP contribution in [-0.4, -0.2) is 37.9 Å². The van der Waals surface area contributed by atoms with Crippen LogP contribution in [0.25, 0.3) is 11.3 Å². The van der Waals surface area contributed by atoms with Crippen molar-refractivity contribution in [3.8, 4) is 11.3 Å². The summed E-state index contributed by atoms with van der Waals surface area (Å²) >= 11 is 0. The average molecular weight is 368 g/mol. The second-order valence-electron chi connectivity index (χ2n) is 6.65. The fourth-order valence-electron chi connectivity index (χ4n) is 3.14. The molecule has 0 aromatic carbocycles. The van der Waals surface area contributed by atoms with Gasteiger partial charge in [-0.2, -0.15) is 5.10 Å². The maximum atomic E-state index is 12.6. The first-order valence-electron chi connectivity index (χ1n) is 8.74. The molecule has 0 saturated heterocycles. The zero-order valence-corrected chi connectivity index (χ0v) is 16.2. The van der Waals surface area contributed by atoms with Crippen LogP contribution in [0.2, 0.25) is 0 Å². The highest BCUT2D eigenvalue weighted by Crippen LogP contribution is 2.21. The molecule has 8 heteroatoms. The van der Waals surface area contributed by atoms with Gasteiger partial charge >= 0.3 is 6.03 Å². The minimum atomic E-state index is -0.188. The Balaban J connectivity index is 1.63. The molecule has 0 radical (unpaired) electrons. The van der Waals surface area contributed by atoms with Crippen molar-refractivity contribution in [3.63, 3.8) is 0 Å². The topological polar surface area (TPSA) is 89.1 Å². The van der Waals surface area contributed by atoms with E-state index in [1.807, 2.05) is 50.7 Å². The van der Waals surface area contributed by atoms with Crippen molar-refractivity contribution in [2.75, 3.05) is 7.05 Å². The van der Waals surface area contributed by atoms with Gasteiger partial charge in [-0.05, 0) is 32.9 Å². The molecule has 1 atom stereocenters. The van der Waals surface area contributed by atoms with Crippen LogP contribution in [0.5, 0.6) is 0 Å². The number of nitrogens with zero attached hydrogens (tertiary/aromatic N) is 5. The Kier molecular flexibility index (Phi) is 5.25. The Morgan fingerprint density at radius 2 is 2.04 bits per heavy atom. The van der Waals surface area contributed by atoms with Gasteiger partial charge < -0.3 is 14.7 Å². The van der Waals surface area contributed by atoms with Gasteiger partial charge in [0.25, 0.3) is 0 Å². The molecule has 3 aromatic rings. The number of carbonyl (C=O) groups excluding carboxylic acids is 1. The molecule has 0 aliphatic heterocycles. The number of amides is 2. The zero-order valence-electron chi connectivity index (χ0n) is 16.2. The van der Waals surface area contributed by atoms with Gasteiger partial charge in [-0.15, -0.1) is 0 Å². The highest BCUT2D eigenvalue weighted by molar-refractivity contribution is 5.74. The van der Waals surface area contributed by atoms with Crippen molar-refractivity contribution < 1.29 is 9.32 Å².